The molecule has 5 rings (SSSR count). The molecule has 0 saturated carbocycles. The van der Waals surface area contributed by atoms with Crippen molar-refractivity contribution in [2.75, 3.05) is 56.2 Å². The summed E-state index contributed by atoms with van der Waals surface area (Å²) in [5.74, 6) is 2.82. The summed E-state index contributed by atoms with van der Waals surface area (Å²) in [5.41, 5.74) is 3.09. The Morgan fingerprint density at radius 1 is 0.886 bits per heavy atom. The van der Waals surface area contributed by atoms with Crippen LogP contribution in [0.15, 0.2) is 42.5 Å². The van der Waals surface area contributed by atoms with Crippen molar-refractivity contribution in [1.29, 1.82) is 0 Å². The van der Waals surface area contributed by atoms with Gasteiger partial charge in [-0.1, -0.05) is 12.1 Å². The molecule has 2 saturated heterocycles. The third kappa shape index (κ3) is 4.80. The van der Waals surface area contributed by atoms with Crippen molar-refractivity contribution in [3.05, 3.63) is 53.9 Å². The number of methoxy groups -OCH3 is 1. The van der Waals surface area contributed by atoms with E-state index in [9.17, 15) is 4.79 Å². The summed E-state index contributed by atoms with van der Waals surface area (Å²) in [6.45, 7) is 8.74. The molecule has 0 N–H and O–H groups in total. The summed E-state index contributed by atoms with van der Waals surface area (Å²) in [7, 11) is 1.70. The first-order valence-corrected chi connectivity index (χ1v) is 12.3. The number of nitrogens with zero attached hydrogens (tertiary/aromatic N) is 7. The lowest BCUT2D eigenvalue weighted by Crippen LogP contribution is -2.51. The van der Waals surface area contributed by atoms with Gasteiger partial charge in [0.2, 0.25) is 5.91 Å². The summed E-state index contributed by atoms with van der Waals surface area (Å²) in [5, 5.41) is 13.3. The predicted molar refractivity (Wildman–Crippen MR) is 135 cm³/mol. The Morgan fingerprint density at radius 2 is 1.57 bits per heavy atom. The lowest BCUT2D eigenvalue weighted by atomic mass is 9.95. The number of anilines is 2. The maximum Gasteiger partial charge on any atom is 0.225 e. The van der Waals surface area contributed by atoms with E-state index >= 15 is 0 Å². The van der Waals surface area contributed by atoms with Crippen LogP contribution in [0.3, 0.4) is 0 Å². The SMILES string of the molecule is COc1ccccc1N1CCN(C(=O)C2CCN(c3ccc(-n4nc(C)cc4C)nn3)CC2)CC1. The van der Waals surface area contributed by atoms with E-state index in [0.29, 0.717) is 0 Å². The van der Waals surface area contributed by atoms with E-state index in [4.69, 9.17) is 4.74 Å². The Hall–Kier alpha value is -3.62. The van der Waals surface area contributed by atoms with Crippen molar-refractivity contribution in [3.8, 4) is 11.6 Å². The van der Waals surface area contributed by atoms with Gasteiger partial charge in [-0.05, 0) is 57.0 Å². The van der Waals surface area contributed by atoms with E-state index in [1.807, 2.05) is 59.8 Å². The van der Waals surface area contributed by atoms with E-state index in [0.717, 1.165) is 86.6 Å². The first-order valence-electron chi connectivity index (χ1n) is 12.3. The zero-order valence-electron chi connectivity index (χ0n) is 20.7. The molecule has 0 unspecified atom stereocenters. The topological polar surface area (TPSA) is 79.6 Å². The lowest BCUT2D eigenvalue weighted by Gasteiger charge is -2.39. The van der Waals surface area contributed by atoms with Gasteiger partial charge >= 0.3 is 0 Å². The van der Waals surface area contributed by atoms with E-state index in [1.54, 1.807) is 7.11 Å². The Morgan fingerprint density at radius 3 is 2.20 bits per heavy atom. The largest absolute Gasteiger partial charge is 0.495 e. The van der Waals surface area contributed by atoms with Crippen LogP contribution < -0.4 is 14.5 Å². The molecule has 4 heterocycles. The van der Waals surface area contributed by atoms with Crippen LogP contribution >= 0.6 is 0 Å². The normalized spacial score (nSPS) is 17.1. The molecule has 1 amide bonds. The highest BCUT2D eigenvalue weighted by atomic mass is 16.5. The van der Waals surface area contributed by atoms with Crippen LogP contribution in [-0.4, -0.2) is 77.2 Å². The highest BCUT2D eigenvalue weighted by Crippen LogP contribution is 2.29. The van der Waals surface area contributed by atoms with Crippen molar-refractivity contribution < 1.29 is 9.53 Å². The molecular formula is C26H33N7O2. The number of hydrogen-bond donors (Lipinski definition) is 0. The van der Waals surface area contributed by atoms with Crippen LogP contribution in [0.1, 0.15) is 24.2 Å². The fourth-order valence-electron chi connectivity index (χ4n) is 5.13. The van der Waals surface area contributed by atoms with Gasteiger partial charge in [-0.25, -0.2) is 4.68 Å². The Bertz CT molecular complexity index is 1160. The van der Waals surface area contributed by atoms with E-state index in [-0.39, 0.29) is 11.8 Å². The fourth-order valence-corrected chi connectivity index (χ4v) is 5.13. The minimum atomic E-state index is 0.0750. The Labute approximate surface area is 206 Å². The summed E-state index contributed by atoms with van der Waals surface area (Å²) in [6, 6.07) is 14.1. The van der Waals surface area contributed by atoms with Crippen LogP contribution in [0.25, 0.3) is 5.82 Å². The summed E-state index contributed by atoms with van der Waals surface area (Å²) in [6.07, 6.45) is 1.68. The first kappa shape index (κ1) is 23.1. The molecule has 3 aromatic rings. The van der Waals surface area contributed by atoms with Gasteiger partial charge in [-0.15, -0.1) is 10.2 Å². The maximum absolute atomic E-state index is 13.2. The van der Waals surface area contributed by atoms with Crippen LogP contribution in [0.4, 0.5) is 11.5 Å². The highest BCUT2D eigenvalue weighted by Gasteiger charge is 2.31. The van der Waals surface area contributed by atoms with Crippen molar-refractivity contribution >= 4 is 17.4 Å². The zero-order valence-corrected chi connectivity index (χ0v) is 20.7. The second kappa shape index (κ2) is 9.93. The van der Waals surface area contributed by atoms with Crippen molar-refractivity contribution in [1.82, 2.24) is 24.9 Å². The summed E-state index contributed by atoms with van der Waals surface area (Å²) >= 11 is 0. The second-order valence-corrected chi connectivity index (χ2v) is 9.33. The van der Waals surface area contributed by atoms with Crippen LogP contribution in [-0.2, 0) is 4.79 Å². The predicted octanol–water partition coefficient (Wildman–Crippen LogP) is 2.85. The third-order valence-corrected chi connectivity index (χ3v) is 7.05. The number of carbonyl (C=O) groups excluding carboxylic acids is 1. The number of para-hydroxylation sites is 2. The van der Waals surface area contributed by atoms with E-state index < -0.39 is 0 Å². The number of rotatable bonds is 5. The molecule has 2 fully saturated rings. The summed E-state index contributed by atoms with van der Waals surface area (Å²) < 4.78 is 7.32. The maximum atomic E-state index is 13.2. The van der Waals surface area contributed by atoms with Gasteiger partial charge in [0.05, 0.1) is 18.5 Å². The highest BCUT2D eigenvalue weighted by molar-refractivity contribution is 5.79. The molecule has 0 aliphatic carbocycles. The van der Waals surface area contributed by atoms with Gasteiger partial charge < -0.3 is 19.4 Å². The monoisotopic (exact) mass is 475 g/mol. The average molecular weight is 476 g/mol. The van der Waals surface area contributed by atoms with Gasteiger partial charge in [0.1, 0.15) is 5.75 Å². The standard InChI is InChI=1S/C26H33N7O2/c1-19-18-20(2)33(29-19)25-9-8-24(27-28-25)31-12-10-21(11-13-31)26(34)32-16-14-30(15-17-32)22-6-4-5-7-23(22)35-3/h4-9,18,21H,10-17H2,1-3H3. The molecule has 9 heteroatoms. The van der Waals surface area contributed by atoms with Crippen LogP contribution in [0.2, 0.25) is 0 Å². The number of hydrogen-bond acceptors (Lipinski definition) is 7. The molecule has 2 aromatic heterocycles. The molecule has 2 aliphatic rings. The number of aromatic nitrogens is 4. The third-order valence-electron chi connectivity index (χ3n) is 7.05. The van der Waals surface area contributed by atoms with Gasteiger partial charge in [0.25, 0.3) is 0 Å². The number of carbonyl (C=O) groups is 1. The second-order valence-electron chi connectivity index (χ2n) is 9.33. The zero-order chi connectivity index (χ0) is 24.4. The number of ether oxygens (including phenoxy) is 1. The molecule has 35 heavy (non-hydrogen) atoms. The van der Waals surface area contributed by atoms with Crippen molar-refractivity contribution in [2.24, 2.45) is 5.92 Å². The lowest BCUT2D eigenvalue weighted by molar-refractivity contribution is -0.136. The quantitative estimate of drug-likeness (QED) is 0.561. The molecule has 184 valence electrons. The molecule has 0 radical (unpaired) electrons. The van der Waals surface area contributed by atoms with Crippen LogP contribution in [0, 0.1) is 19.8 Å². The minimum Gasteiger partial charge on any atom is -0.495 e. The Kier molecular flexibility index (Phi) is 6.57. The van der Waals surface area contributed by atoms with E-state index in [2.05, 4.69) is 31.2 Å². The number of piperidine rings is 1. The number of benzene rings is 1. The molecular weight excluding hydrogens is 442 g/mol. The van der Waals surface area contributed by atoms with Crippen molar-refractivity contribution in [3.63, 3.8) is 0 Å². The van der Waals surface area contributed by atoms with Crippen LogP contribution in [0.5, 0.6) is 5.75 Å². The summed E-state index contributed by atoms with van der Waals surface area (Å²) in [4.78, 5) is 19.8. The molecule has 0 spiro atoms. The fraction of sp³-hybridized carbons (Fsp3) is 0.462. The van der Waals surface area contributed by atoms with Crippen molar-refractivity contribution in [2.45, 2.75) is 26.7 Å². The molecule has 9 nitrogen and oxygen atoms in total. The number of amides is 1. The number of aryl methyl sites for hydroxylation is 2. The first-order chi connectivity index (χ1) is 17.0. The van der Waals surface area contributed by atoms with Gasteiger partial charge in [-0.2, -0.15) is 5.10 Å². The molecule has 1 aromatic carbocycles. The van der Waals surface area contributed by atoms with E-state index in [1.165, 1.54) is 0 Å². The molecule has 0 atom stereocenters. The molecule has 2 aliphatic heterocycles. The average Bonchev–Trinajstić information content (AvgIpc) is 3.26. The smallest absolute Gasteiger partial charge is 0.225 e. The molecule has 0 bridgehead atoms. The minimum absolute atomic E-state index is 0.0750. The van der Waals surface area contributed by atoms with Gasteiger partial charge in [0, 0.05) is 50.9 Å². The number of piperazine rings is 1. The van der Waals surface area contributed by atoms with Gasteiger partial charge in [-0.3, -0.25) is 4.79 Å². The van der Waals surface area contributed by atoms with Gasteiger partial charge in [0.15, 0.2) is 11.6 Å². The Balaban J connectivity index is 1.14.